The Morgan fingerprint density at radius 1 is 1.09 bits per heavy atom. The molecule has 3 aromatic rings. The second kappa shape index (κ2) is 9.39. The van der Waals surface area contributed by atoms with Crippen molar-refractivity contribution >= 4 is 51.6 Å². The molecule has 0 radical (unpaired) electrons. The molecule has 2 saturated heterocycles. The molecule has 3 unspecified atom stereocenters. The molecule has 1 amide bonds. The normalized spacial score (nSPS) is 23.7. The molecule has 186 valence electrons. The SMILES string of the molecule is O=C1C(Nc2cc(Cl)cc(Cl)c2)CCCN1C1CN(c2ncnc3[nH]ccc23)CCC1C(F)(F)F. The highest BCUT2D eigenvalue weighted by molar-refractivity contribution is 6.35. The first-order valence-electron chi connectivity index (χ1n) is 11.3. The Morgan fingerprint density at radius 2 is 1.86 bits per heavy atom. The Kier molecular flexibility index (Phi) is 6.43. The molecule has 12 heteroatoms. The molecular weight excluding hydrogens is 504 g/mol. The standard InChI is InChI=1S/C23H23Cl2F3N6O/c24-13-8-14(25)10-15(9-13)32-18-2-1-6-34(22(18)35)19-11-33(7-4-17(19)23(26,27)28)21-16-3-5-29-20(16)30-12-31-21/h3,5,8-10,12,17-19,32H,1-2,4,6-7,11H2,(H,29,30,31). The van der Waals surface area contributed by atoms with Crippen LogP contribution in [0.5, 0.6) is 0 Å². The summed E-state index contributed by atoms with van der Waals surface area (Å²) in [6, 6.07) is 4.95. The van der Waals surface area contributed by atoms with Crippen LogP contribution < -0.4 is 10.2 Å². The van der Waals surface area contributed by atoms with E-state index in [1.165, 1.54) is 11.2 Å². The van der Waals surface area contributed by atoms with Crippen molar-refractivity contribution in [3.05, 3.63) is 46.8 Å². The number of piperidine rings is 2. The Labute approximate surface area is 209 Å². The third-order valence-corrected chi connectivity index (χ3v) is 7.15. The van der Waals surface area contributed by atoms with E-state index in [9.17, 15) is 18.0 Å². The second-order valence-electron chi connectivity index (χ2n) is 8.92. The number of carbonyl (C=O) groups is 1. The maximum Gasteiger partial charge on any atom is 0.393 e. The molecule has 5 rings (SSSR count). The number of carbonyl (C=O) groups excluding carboxylic acids is 1. The van der Waals surface area contributed by atoms with Gasteiger partial charge in [0.2, 0.25) is 5.91 Å². The summed E-state index contributed by atoms with van der Waals surface area (Å²) in [4.78, 5) is 28.2. The molecule has 2 fully saturated rings. The van der Waals surface area contributed by atoms with E-state index in [1.54, 1.807) is 30.5 Å². The number of nitrogens with one attached hydrogen (secondary N) is 2. The van der Waals surface area contributed by atoms with E-state index in [4.69, 9.17) is 23.2 Å². The molecule has 0 aliphatic carbocycles. The molecule has 35 heavy (non-hydrogen) atoms. The van der Waals surface area contributed by atoms with Crippen molar-refractivity contribution in [2.45, 2.75) is 37.5 Å². The summed E-state index contributed by atoms with van der Waals surface area (Å²) < 4.78 is 42.3. The average molecular weight is 527 g/mol. The summed E-state index contributed by atoms with van der Waals surface area (Å²) in [6.45, 7) is 0.480. The van der Waals surface area contributed by atoms with E-state index in [-0.39, 0.29) is 32.0 Å². The molecule has 4 heterocycles. The van der Waals surface area contributed by atoms with Crippen LogP contribution in [-0.2, 0) is 4.79 Å². The molecule has 0 saturated carbocycles. The van der Waals surface area contributed by atoms with Gasteiger partial charge < -0.3 is 20.1 Å². The number of alkyl halides is 3. The van der Waals surface area contributed by atoms with Crippen LogP contribution in [0.3, 0.4) is 0 Å². The monoisotopic (exact) mass is 526 g/mol. The Bertz CT molecular complexity index is 1220. The van der Waals surface area contributed by atoms with Crippen LogP contribution in [0.15, 0.2) is 36.8 Å². The number of fused-ring (bicyclic) bond motifs is 1. The van der Waals surface area contributed by atoms with Gasteiger partial charge in [0.25, 0.3) is 0 Å². The average Bonchev–Trinajstić information content (AvgIpc) is 3.28. The maximum absolute atomic E-state index is 14.1. The van der Waals surface area contributed by atoms with Gasteiger partial charge in [-0.15, -0.1) is 0 Å². The van der Waals surface area contributed by atoms with Crippen molar-refractivity contribution in [3.8, 4) is 0 Å². The molecule has 0 bridgehead atoms. The highest BCUT2D eigenvalue weighted by atomic mass is 35.5. The van der Waals surface area contributed by atoms with Crippen LogP contribution in [0.25, 0.3) is 11.0 Å². The smallest absolute Gasteiger partial charge is 0.374 e. The van der Waals surface area contributed by atoms with Gasteiger partial charge in [0.05, 0.1) is 17.3 Å². The van der Waals surface area contributed by atoms with Gasteiger partial charge in [-0.2, -0.15) is 13.2 Å². The van der Waals surface area contributed by atoms with Crippen LogP contribution >= 0.6 is 23.2 Å². The predicted molar refractivity (Wildman–Crippen MR) is 129 cm³/mol. The summed E-state index contributed by atoms with van der Waals surface area (Å²) in [5.41, 5.74) is 1.17. The number of likely N-dealkylation sites (tertiary alicyclic amines) is 1. The summed E-state index contributed by atoms with van der Waals surface area (Å²) in [5, 5.41) is 4.66. The minimum absolute atomic E-state index is 0.0307. The third-order valence-electron chi connectivity index (χ3n) is 6.71. The lowest BCUT2D eigenvalue weighted by Gasteiger charge is -2.47. The first kappa shape index (κ1) is 24.0. The number of rotatable bonds is 4. The molecule has 2 aliphatic rings. The van der Waals surface area contributed by atoms with Gasteiger partial charge in [0.1, 0.15) is 23.8 Å². The number of aromatic nitrogens is 3. The van der Waals surface area contributed by atoms with Crippen molar-refractivity contribution in [3.63, 3.8) is 0 Å². The molecule has 2 aliphatic heterocycles. The zero-order valence-corrected chi connectivity index (χ0v) is 20.0. The first-order valence-corrected chi connectivity index (χ1v) is 12.1. The van der Waals surface area contributed by atoms with Crippen LogP contribution in [0.4, 0.5) is 24.7 Å². The lowest BCUT2D eigenvalue weighted by Crippen LogP contribution is -2.62. The van der Waals surface area contributed by atoms with Gasteiger partial charge in [0.15, 0.2) is 0 Å². The first-order chi connectivity index (χ1) is 16.7. The molecule has 0 spiro atoms. The number of halogens is 5. The quantitative estimate of drug-likeness (QED) is 0.493. The number of anilines is 2. The highest BCUT2D eigenvalue weighted by Crippen LogP contribution is 2.39. The lowest BCUT2D eigenvalue weighted by molar-refractivity contribution is -0.197. The van der Waals surface area contributed by atoms with Crippen molar-refractivity contribution in [2.24, 2.45) is 5.92 Å². The third kappa shape index (κ3) is 4.86. The van der Waals surface area contributed by atoms with Crippen molar-refractivity contribution < 1.29 is 18.0 Å². The summed E-state index contributed by atoms with van der Waals surface area (Å²) in [6.07, 6.45) is -0.365. The summed E-state index contributed by atoms with van der Waals surface area (Å²) >= 11 is 12.1. The predicted octanol–water partition coefficient (Wildman–Crippen LogP) is 5.13. The fourth-order valence-corrected chi connectivity index (χ4v) is 5.66. The maximum atomic E-state index is 14.1. The van der Waals surface area contributed by atoms with E-state index < -0.39 is 24.2 Å². The van der Waals surface area contributed by atoms with E-state index in [0.717, 1.165) is 5.39 Å². The minimum Gasteiger partial charge on any atom is -0.374 e. The van der Waals surface area contributed by atoms with Gasteiger partial charge in [0, 0.05) is 41.6 Å². The number of hydrogen-bond donors (Lipinski definition) is 2. The highest BCUT2D eigenvalue weighted by Gasteiger charge is 2.51. The number of aromatic amines is 1. The topological polar surface area (TPSA) is 77.2 Å². The van der Waals surface area contributed by atoms with Gasteiger partial charge in [-0.25, -0.2) is 9.97 Å². The van der Waals surface area contributed by atoms with Crippen LogP contribution in [-0.4, -0.2) is 63.7 Å². The second-order valence-corrected chi connectivity index (χ2v) is 9.79. The number of nitrogens with zero attached hydrogens (tertiary/aromatic N) is 4. The van der Waals surface area contributed by atoms with E-state index in [1.807, 2.05) is 4.90 Å². The van der Waals surface area contributed by atoms with Crippen LogP contribution in [0.1, 0.15) is 19.3 Å². The van der Waals surface area contributed by atoms with Crippen molar-refractivity contribution in [1.29, 1.82) is 0 Å². The Balaban J connectivity index is 1.42. The van der Waals surface area contributed by atoms with Crippen LogP contribution in [0.2, 0.25) is 10.0 Å². The molecule has 2 N–H and O–H groups in total. The molecule has 7 nitrogen and oxygen atoms in total. The zero-order chi connectivity index (χ0) is 24.7. The Morgan fingerprint density at radius 3 is 2.60 bits per heavy atom. The molecule has 1 aromatic carbocycles. The fraction of sp³-hybridized carbons (Fsp3) is 0.435. The molecular formula is C23H23Cl2F3N6O. The number of amides is 1. The zero-order valence-electron chi connectivity index (χ0n) is 18.5. The van der Waals surface area contributed by atoms with Gasteiger partial charge in [-0.05, 0) is 43.5 Å². The largest absolute Gasteiger partial charge is 0.393 e. The van der Waals surface area contributed by atoms with Crippen molar-refractivity contribution in [1.82, 2.24) is 19.9 Å². The molecule has 2 aromatic heterocycles. The number of benzene rings is 1. The number of hydrogen-bond acceptors (Lipinski definition) is 5. The van der Waals surface area contributed by atoms with E-state index >= 15 is 0 Å². The van der Waals surface area contributed by atoms with Gasteiger partial charge in [-0.3, -0.25) is 4.79 Å². The minimum atomic E-state index is -4.42. The van der Waals surface area contributed by atoms with E-state index in [0.29, 0.717) is 40.0 Å². The Hall–Kier alpha value is -2.72. The van der Waals surface area contributed by atoms with Crippen molar-refractivity contribution in [2.75, 3.05) is 29.9 Å². The van der Waals surface area contributed by atoms with E-state index in [2.05, 4.69) is 20.3 Å². The van der Waals surface area contributed by atoms with Gasteiger partial charge >= 0.3 is 6.18 Å². The van der Waals surface area contributed by atoms with Gasteiger partial charge in [-0.1, -0.05) is 23.2 Å². The number of H-pyrrole nitrogens is 1. The summed E-state index contributed by atoms with van der Waals surface area (Å²) in [7, 11) is 0. The molecule has 3 atom stereocenters. The lowest BCUT2D eigenvalue weighted by atomic mass is 9.87. The fourth-order valence-electron chi connectivity index (χ4n) is 5.13. The summed E-state index contributed by atoms with van der Waals surface area (Å²) in [5.74, 6) is -1.41. The van der Waals surface area contributed by atoms with Crippen LogP contribution in [0, 0.1) is 5.92 Å².